The van der Waals surface area contributed by atoms with E-state index in [0.717, 1.165) is 23.8 Å². The van der Waals surface area contributed by atoms with Crippen LogP contribution in [0.25, 0.3) is 0 Å². The van der Waals surface area contributed by atoms with E-state index in [1.165, 1.54) is 37.8 Å². The number of rotatable bonds is 20. The largest absolute Gasteiger partial charge is 0.472 e. The Morgan fingerprint density at radius 2 is 1.04 bits per heavy atom. The maximum absolute atomic E-state index is 9.87. The van der Waals surface area contributed by atoms with E-state index in [-0.39, 0.29) is 35.2 Å². The molecule has 0 fully saturated rings. The number of ether oxygens (including phenoxy) is 3. The van der Waals surface area contributed by atoms with E-state index in [4.69, 9.17) is 11.5 Å². The van der Waals surface area contributed by atoms with E-state index in [1.54, 1.807) is 0 Å². The number of hydrogen-bond acceptors (Lipinski definition) is 11. The lowest BCUT2D eigenvalue weighted by atomic mass is 10.2. The topological polar surface area (TPSA) is 131 Å². The SMILES string of the molecule is C[SiH](C)CC(OC=O)OC=O.C[SiH](C)CC(S)CS.C[SiH](C)CCCCCCN.C[SiH](C)CN.C[SiH](C)COC=O.C[SiH](C)CS. The predicted octanol–water partition coefficient (Wildman–Crippen LogP) is 4.94. The van der Waals surface area contributed by atoms with Crippen LogP contribution in [0.2, 0.25) is 96.7 Å². The molecule has 0 aliphatic heterocycles. The van der Waals surface area contributed by atoms with Gasteiger partial charge in [0.05, 0.1) is 15.0 Å². The van der Waals surface area contributed by atoms with Crippen LogP contribution in [0.3, 0.4) is 0 Å². The van der Waals surface area contributed by atoms with Crippen LogP contribution in [0.5, 0.6) is 0 Å². The normalized spacial score (nSPS) is 10.7. The smallest absolute Gasteiger partial charge is 0.296 e. The Kier molecular flexibility index (Phi) is 64.1. The highest BCUT2D eigenvalue weighted by Gasteiger charge is 2.11. The number of carbonyl (C=O) groups is 3. The van der Waals surface area contributed by atoms with Crippen LogP contribution in [-0.4, -0.2) is 114 Å². The summed E-state index contributed by atoms with van der Waals surface area (Å²) in [5, 5.41) is 1.69. The highest BCUT2D eigenvalue weighted by Crippen LogP contribution is 2.07. The molecule has 0 radical (unpaired) electrons. The van der Waals surface area contributed by atoms with Crippen LogP contribution >= 0.6 is 37.9 Å². The number of hydrogen-bond donors (Lipinski definition) is 5. The molecule has 0 aromatic rings. The second-order valence-corrected chi connectivity index (χ2v) is 35.0. The zero-order chi connectivity index (χ0) is 37.3. The van der Waals surface area contributed by atoms with Crippen LogP contribution in [0.1, 0.15) is 25.7 Å². The monoisotopic (exact) mass is 814 g/mol. The molecule has 1 unspecified atom stereocenters. The molecule has 0 amide bonds. The van der Waals surface area contributed by atoms with Crippen molar-refractivity contribution in [2.24, 2.45) is 11.5 Å². The quantitative estimate of drug-likeness (QED) is 0.0385. The minimum Gasteiger partial charge on any atom is -0.472 e. The average Bonchev–Trinajstić information content (AvgIpc) is 2.97. The lowest BCUT2D eigenvalue weighted by Gasteiger charge is -2.13. The van der Waals surface area contributed by atoms with E-state index < -0.39 is 23.9 Å². The second-order valence-electron chi connectivity index (χ2n) is 13.4. The lowest BCUT2D eigenvalue weighted by Crippen LogP contribution is -2.20. The van der Waals surface area contributed by atoms with Gasteiger partial charge in [-0.1, -0.05) is 104 Å². The van der Waals surface area contributed by atoms with Crippen molar-refractivity contribution >= 4 is 110 Å². The molecule has 0 aromatic carbocycles. The Balaban J connectivity index is -0.000000107. The van der Waals surface area contributed by atoms with E-state index in [2.05, 4.69) is 131 Å². The number of carbonyl (C=O) groups excluding carboxylic acids is 3. The Morgan fingerprint density at radius 1 is 0.609 bits per heavy atom. The molecule has 0 aliphatic carbocycles. The van der Waals surface area contributed by atoms with Crippen molar-refractivity contribution in [3.8, 4) is 0 Å². The van der Waals surface area contributed by atoms with E-state index in [9.17, 15) is 14.4 Å². The fraction of sp³-hybridized carbons (Fsp3) is 0.897. The van der Waals surface area contributed by atoms with Gasteiger partial charge in [0, 0.05) is 61.0 Å². The summed E-state index contributed by atoms with van der Waals surface area (Å²) in [6.45, 7) is 28.9. The molecule has 282 valence electrons. The number of thiol groups is 3. The first-order valence-electron chi connectivity index (χ1n) is 17.0. The summed E-state index contributed by atoms with van der Waals surface area (Å²) in [4.78, 5) is 29.2. The van der Waals surface area contributed by atoms with Gasteiger partial charge in [0.2, 0.25) is 6.29 Å². The van der Waals surface area contributed by atoms with Gasteiger partial charge in [-0.3, -0.25) is 14.4 Å². The molecular weight excluding hydrogens is 737 g/mol. The molecule has 0 aliphatic rings. The summed E-state index contributed by atoms with van der Waals surface area (Å²) in [5.41, 5.74) is 10.6. The third-order valence-electron chi connectivity index (χ3n) is 5.10. The summed E-state index contributed by atoms with van der Waals surface area (Å²) >= 11 is 12.5. The molecule has 0 rings (SSSR count). The van der Waals surface area contributed by atoms with Gasteiger partial charge in [0.25, 0.3) is 19.4 Å². The van der Waals surface area contributed by atoms with Crippen molar-refractivity contribution in [3.05, 3.63) is 0 Å². The predicted molar refractivity (Wildman–Crippen MR) is 235 cm³/mol. The summed E-state index contributed by atoms with van der Waals surface area (Å²) in [6, 6.07) is 3.49. The molecule has 0 saturated heterocycles. The van der Waals surface area contributed by atoms with Crippen molar-refractivity contribution < 1.29 is 28.6 Å². The summed E-state index contributed by atoms with van der Waals surface area (Å²) < 4.78 is 13.5. The van der Waals surface area contributed by atoms with Crippen LogP contribution in [0.15, 0.2) is 0 Å². The first-order chi connectivity index (χ1) is 21.4. The fourth-order valence-corrected chi connectivity index (χ4v) is 8.06. The van der Waals surface area contributed by atoms with Crippen molar-refractivity contribution in [3.63, 3.8) is 0 Å². The maximum Gasteiger partial charge on any atom is 0.296 e. The number of nitrogens with two attached hydrogens (primary N) is 2. The zero-order valence-corrected chi connectivity index (χ0v) is 41.4. The van der Waals surface area contributed by atoms with E-state index >= 15 is 0 Å². The molecule has 4 N–H and O–H groups in total. The molecule has 1 atom stereocenters. The van der Waals surface area contributed by atoms with Crippen LogP contribution in [0, 0.1) is 0 Å². The third kappa shape index (κ3) is 84.9. The lowest BCUT2D eigenvalue weighted by molar-refractivity contribution is -0.165. The van der Waals surface area contributed by atoms with Gasteiger partial charge >= 0.3 is 0 Å². The van der Waals surface area contributed by atoms with Gasteiger partial charge in [-0.2, -0.15) is 37.9 Å². The number of unbranched alkanes of at least 4 members (excludes halogenated alkanes) is 3. The fourth-order valence-electron chi connectivity index (χ4n) is 2.55. The molecule has 46 heavy (non-hydrogen) atoms. The molecule has 17 heteroatoms. The Hall–Kier alpha value is 0.681. The summed E-state index contributed by atoms with van der Waals surface area (Å²) in [6.07, 6.45) is 6.37. The van der Waals surface area contributed by atoms with E-state index in [0.29, 0.717) is 36.9 Å². The van der Waals surface area contributed by atoms with Gasteiger partial charge < -0.3 is 25.7 Å². The Labute approximate surface area is 312 Å². The van der Waals surface area contributed by atoms with Crippen LogP contribution in [-0.2, 0) is 28.6 Å². The molecule has 0 saturated carbocycles. The molecule has 0 aromatic heterocycles. The second kappa shape index (κ2) is 50.1. The molecule has 0 heterocycles. The summed E-state index contributed by atoms with van der Waals surface area (Å²) in [5.74, 6) is 0.925. The Bertz CT molecular complexity index is 576. The zero-order valence-electron chi connectivity index (χ0n) is 31.8. The van der Waals surface area contributed by atoms with Gasteiger partial charge in [-0.15, -0.1) is 0 Å². The van der Waals surface area contributed by atoms with Gasteiger partial charge in [-0.25, -0.2) is 0 Å². The summed E-state index contributed by atoms with van der Waals surface area (Å²) in [7, 11) is -2.78. The van der Waals surface area contributed by atoms with Gasteiger partial charge in [0.15, 0.2) is 0 Å². The molecular formula is C29H78N2O6S3Si6. The average molecular weight is 816 g/mol. The van der Waals surface area contributed by atoms with Crippen molar-refractivity contribution in [1.82, 2.24) is 0 Å². The van der Waals surface area contributed by atoms with E-state index in [1.807, 2.05) is 0 Å². The maximum atomic E-state index is 9.87. The molecule has 8 nitrogen and oxygen atoms in total. The molecule has 0 spiro atoms. The Morgan fingerprint density at radius 3 is 1.26 bits per heavy atom. The van der Waals surface area contributed by atoms with Crippen LogP contribution < -0.4 is 11.5 Å². The highest BCUT2D eigenvalue weighted by atomic mass is 32.1. The van der Waals surface area contributed by atoms with Gasteiger partial charge in [0.1, 0.15) is 0 Å². The molecule has 0 bridgehead atoms. The van der Waals surface area contributed by atoms with Crippen molar-refractivity contribution in [1.29, 1.82) is 0 Å². The van der Waals surface area contributed by atoms with Crippen molar-refractivity contribution in [2.75, 3.05) is 30.1 Å². The standard InChI is InChI=1S/C8H21NSi.C6H12O4Si.C5H14S2Si.C4H10O2Si.C3H11NSi.C3H10SSi/c1-10(2)8-6-4-3-5-7-9;1-11(2)3-6(9-4-7)10-5-8;1-8(2)4-5(7)3-6;1-7(2)4-6-3-5;2*1-5(2)3-4/h10H,3-9H2,1-2H3;4-6,11H,3H2,1-2H3;5-8H,3-4H2,1-2H3;3,7H,4H2,1-2H3;5H,3-4H2,1-2H3;4-5H,3H2,1-2H3. The minimum absolute atomic E-state index is 0.253. The minimum atomic E-state index is -0.859. The first kappa shape index (κ1) is 58.9. The first-order valence-corrected chi connectivity index (χ1v) is 37.5. The van der Waals surface area contributed by atoms with Gasteiger partial charge in [-0.05, 0) is 30.6 Å². The van der Waals surface area contributed by atoms with Crippen molar-refractivity contribution in [2.45, 2.75) is 134 Å². The van der Waals surface area contributed by atoms with Crippen LogP contribution in [0.4, 0.5) is 0 Å². The third-order valence-corrected chi connectivity index (χ3v) is 15.7. The highest BCUT2D eigenvalue weighted by molar-refractivity contribution is 7.84.